The van der Waals surface area contributed by atoms with E-state index in [1.165, 1.54) is 6.08 Å². The molecule has 51 heavy (non-hydrogen) atoms. The van der Waals surface area contributed by atoms with Gasteiger partial charge in [0, 0.05) is 19.4 Å². The number of ether oxygens (including phenoxy) is 4. The van der Waals surface area contributed by atoms with E-state index in [9.17, 15) is 31.5 Å². The third-order valence-electron chi connectivity index (χ3n) is 9.33. The van der Waals surface area contributed by atoms with Gasteiger partial charge in [-0.05, 0) is 70.3 Å². The van der Waals surface area contributed by atoms with Crippen molar-refractivity contribution in [3.63, 3.8) is 0 Å². The maximum absolute atomic E-state index is 12.6. The lowest BCUT2D eigenvalue weighted by atomic mass is 9.95. The first-order chi connectivity index (χ1) is 24.2. The zero-order chi connectivity index (χ0) is 37.2. The first-order valence-corrected chi connectivity index (χ1v) is 21.2. The standard InChI is InChI=1S/C33H58N2O14S2/c36-27(15-8-3-2-6-13-22-45-24-26(35-50(39,40)41)25-46-51(42,43)44)28-16-10-7-12-20-33-21-14-18-30(49-33)29(48-33)17-9-4-1-5-11-19-31(37)34-23-32(38)47-28/h11,19,26-30,35-36H,1-10,12-18,20-25H2,(H,34,37)(H,39,40,41)(H,42,43,44)/b19-11+/t26-,27?,28?,29-,30-,33-/m1/s1. The number of fused-ring (bicyclic) bond motifs is 3. The molecule has 0 aromatic rings. The van der Waals surface area contributed by atoms with Gasteiger partial charge in [0.1, 0.15) is 12.6 Å². The lowest BCUT2D eigenvalue weighted by Gasteiger charge is -2.31. The van der Waals surface area contributed by atoms with Gasteiger partial charge in [0.25, 0.3) is 0 Å². The number of aliphatic hydroxyl groups is 1. The molecule has 0 aromatic carbocycles. The second-order valence-electron chi connectivity index (χ2n) is 13.7. The Hall–Kier alpha value is -1.74. The van der Waals surface area contributed by atoms with Crippen LogP contribution >= 0.6 is 0 Å². The van der Waals surface area contributed by atoms with Crippen molar-refractivity contribution in [2.45, 2.75) is 158 Å². The average molecular weight is 771 g/mol. The molecule has 6 atom stereocenters. The number of unbranched alkanes of at least 4 members (excludes halogenated alkanes) is 4. The Labute approximate surface area is 302 Å². The summed E-state index contributed by atoms with van der Waals surface area (Å²) in [5.41, 5.74) is 0. The van der Waals surface area contributed by atoms with Crippen LogP contribution in [0.3, 0.4) is 0 Å². The maximum atomic E-state index is 12.6. The quantitative estimate of drug-likeness (QED) is 0.0860. The molecule has 296 valence electrons. The molecular formula is C33H58N2O14S2. The van der Waals surface area contributed by atoms with Gasteiger partial charge in [0.05, 0.1) is 37.6 Å². The van der Waals surface area contributed by atoms with Gasteiger partial charge in [-0.3, -0.25) is 18.7 Å². The Morgan fingerprint density at radius 3 is 2.27 bits per heavy atom. The van der Waals surface area contributed by atoms with Gasteiger partial charge >= 0.3 is 26.7 Å². The van der Waals surface area contributed by atoms with Crippen molar-refractivity contribution in [2.24, 2.45) is 0 Å². The van der Waals surface area contributed by atoms with E-state index in [0.717, 1.165) is 96.3 Å². The largest absolute Gasteiger partial charge is 0.458 e. The fourth-order valence-electron chi connectivity index (χ4n) is 6.80. The van der Waals surface area contributed by atoms with E-state index in [4.69, 9.17) is 28.1 Å². The molecular weight excluding hydrogens is 712 g/mol. The maximum Gasteiger partial charge on any atom is 0.397 e. The number of esters is 1. The van der Waals surface area contributed by atoms with Gasteiger partial charge in [-0.2, -0.15) is 21.6 Å². The minimum absolute atomic E-state index is 0.134. The number of aliphatic hydroxyl groups excluding tert-OH is 1. The van der Waals surface area contributed by atoms with E-state index in [1.807, 2.05) is 6.08 Å². The molecule has 0 aromatic heterocycles. The average Bonchev–Trinajstić information content (AvgIpc) is 3.30. The van der Waals surface area contributed by atoms with Crippen LogP contribution in [0, 0.1) is 0 Å². The second kappa shape index (κ2) is 22.5. The minimum atomic E-state index is -4.80. The molecule has 0 aliphatic carbocycles. The molecule has 18 heteroatoms. The van der Waals surface area contributed by atoms with Gasteiger partial charge in [-0.15, -0.1) is 0 Å². The van der Waals surface area contributed by atoms with Crippen LogP contribution in [-0.4, -0.2) is 106 Å². The normalized spacial score (nSPS) is 28.2. The second-order valence-corrected chi connectivity index (χ2v) is 16.0. The van der Waals surface area contributed by atoms with E-state index in [-0.39, 0.29) is 37.9 Å². The van der Waals surface area contributed by atoms with Crippen molar-refractivity contribution in [1.82, 2.24) is 10.0 Å². The van der Waals surface area contributed by atoms with Crippen LogP contribution in [0.2, 0.25) is 0 Å². The summed E-state index contributed by atoms with van der Waals surface area (Å²) in [7, 11) is -9.46. The SMILES string of the molecule is O=C1/C=C/CCCCC[C@H]2O[C@@]3(CCCCCC(C(O)CCCCCCCOC[C@H](COS(=O)(=O)O)NS(=O)(=O)O)OC(=O)CN1)CCC[C@H]2O3. The van der Waals surface area contributed by atoms with Gasteiger partial charge < -0.3 is 29.4 Å². The van der Waals surface area contributed by atoms with Gasteiger partial charge in [-0.1, -0.05) is 51.0 Å². The smallest absolute Gasteiger partial charge is 0.397 e. The van der Waals surface area contributed by atoms with Crippen LogP contribution in [0.5, 0.6) is 0 Å². The third kappa shape index (κ3) is 18.7. The highest BCUT2D eigenvalue weighted by atomic mass is 32.3. The van der Waals surface area contributed by atoms with E-state index in [2.05, 4.69) is 9.50 Å². The van der Waals surface area contributed by atoms with Crippen molar-refractivity contribution < 1.29 is 63.8 Å². The molecule has 0 radical (unpaired) electrons. The summed E-state index contributed by atoms with van der Waals surface area (Å²) in [5.74, 6) is -1.46. The molecule has 2 unspecified atom stereocenters. The van der Waals surface area contributed by atoms with E-state index < -0.39 is 57.3 Å². The van der Waals surface area contributed by atoms with E-state index in [1.54, 1.807) is 4.72 Å². The van der Waals surface area contributed by atoms with E-state index >= 15 is 0 Å². The van der Waals surface area contributed by atoms with Crippen LogP contribution in [0.15, 0.2) is 12.2 Å². The molecule has 2 fully saturated rings. The lowest BCUT2D eigenvalue weighted by molar-refractivity contribution is -0.198. The number of hydrogen-bond acceptors (Lipinski definition) is 12. The molecule has 3 bridgehead atoms. The first kappa shape index (κ1) is 43.7. The number of nitrogens with one attached hydrogen (secondary N) is 2. The monoisotopic (exact) mass is 770 g/mol. The fourth-order valence-corrected chi connectivity index (χ4v) is 7.69. The van der Waals surface area contributed by atoms with E-state index in [0.29, 0.717) is 25.7 Å². The van der Waals surface area contributed by atoms with Crippen molar-refractivity contribution in [2.75, 3.05) is 26.4 Å². The topological polar surface area (TPSA) is 233 Å². The first-order valence-electron chi connectivity index (χ1n) is 18.4. The van der Waals surface area contributed by atoms with Gasteiger partial charge in [-0.25, -0.2) is 4.18 Å². The number of hydrogen-bond donors (Lipinski definition) is 5. The predicted molar refractivity (Wildman–Crippen MR) is 185 cm³/mol. The molecule has 3 aliphatic heterocycles. The predicted octanol–water partition coefficient (Wildman–Crippen LogP) is 3.45. The van der Waals surface area contributed by atoms with Crippen LogP contribution in [0.1, 0.15) is 122 Å². The third-order valence-corrected chi connectivity index (χ3v) is 10.4. The highest BCUT2D eigenvalue weighted by molar-refractivity contribution is 7.83. The van der Waals surface area contributed by atoms with Crippen molar-refractivity contribution in [1.29, 1.82) is 0 Å². The van der Waals surface area contributed by atoms with Gasteiger partial charge in [0.2, 0.25) is 5.91 Å². The summed E-state index contributed by atoms with van der Waals surface area (Å²) in [4.78, 5) is 24.9. The molecule has 2 saturated heterocycles. The number of cyclic esters (lactones) is 1. The number of carbonyl (C=O) groups excluding carboxylic acids is 2. The molecule has 3 aliphatic rings. The molecule has 5 N–H and O–H groups in total. The number of amides is 1. The number of carbonyl (C=O) groups is 2. The molecule has 16 nitrogen and oxygen atoms in total. The Morgan fingerprint density at radius 1 is 0.863 bits per heavy atom. The Bertz CT molecular complexity index is 1300. The summed E-state index contributed by atoms with van der Waals surface area (Å²) < 4.78 is 91.2. The lowest BCUT2D eigenvalue weighted by Crippen LogP contribution is -2.41. The Kier molecular flexibility index (Phi) is 19.2. The molecule has 3 rings (SSSR count). The minimum Gasteiger partial charge on any atom is -0.458 e. The Morgan fingerprint density at radius 2 is 1.53 bits per heavy atom. The summed E-state index contributed by atoms with van der Waals surface area (Å²) in [6.45, 7) is -1.13. The van der Waals surface area contributed by atoms with Crippen molar-refractivity contribution in [3.05, 3.63) is 12.2 Å². The summed E-state index contributed by atoms with van der Waals surface area (Å²) in [6.07, 6.45) is 17.7. The molecule has 1 spiro atoms. The summed E-state index contributed by atoms with van der Waals surface area (Å²) in [6, 6.07) is -1.24. The van der Waals surface area contributed by atoms with Crippen molar-refractivity contribution in [3.8, 4) is 0 Å². The number of allylic oxidation sites excluding steroid dienone is 1. The highest BCUT2D eigenvalue weighted by Gasteiger charge is 2.49. The van der Waals surface area contributed by atoms with Crippen LogP contribution in [0.25, 0.3) is 0 Å². The zero-order valence-corrected chi connectivity index (χ0v) is 31.1. The van der Waals surface area contributed by atoms with Gasteiger partial charge in [0.15, 0.2) is 5.79 Å². The zero-order valence-electron chi connectivity index (χ0n) is 29.5. The van der Waals surface area contributed by atoms with Crippen LogP contribution in [0.4, 0.5) is 0 Å². The molecule has 1 amide bonds. The Balaban J connectivity index is 1.40. The number of rotatable bonds is 16. The molecule has 3 heterocycles. The highest BCUT2D eigenvalue weighted by Crippen LogP contribution is 2.44. The van der Waals surface area contributed by atoms with Crippen LogP contribution < -0.4 is 10.0 Å². The summed E-state index contributed by atoms with van der Waals surface area (Å²) >= 11 is 0. The fraction of sp³-hybridized carbons (Fsp3) is 0.879. The van der Waals surface area contributed by atoms with Crippen LogP contribution in [-0.2, 0) is 53.4 Å². The summed E-state index contributed by atoms with van der Waals surface area (Å²) in [5, 5.41) is 13.6. The van der Waals surface area contributed by atoms with Crippen molar-refractivity contribution >= 4 is 32.6 Å². The molecule has 0 saturated carbocycles.